The van der Waals surface area contributed by atoms with Gasteiger partial charge < -0.3 is 9.47 Å². The molecule has 0 bridgehead atoms. The summed E-state index contributed by atoms with van der Waals surface area (Å²) in [5.74, 6) is -3.47. The number of ketones is 1. The number of ether oxygens (including phenoxy) is 2. The molecular formula is C13H9ClF2N2O3. The lowest BCUT2D eigenvalue weighted by atomic mass is 10.2. The van der Waals surface area contributed by atoms with E-state index in [2.05, 4.69) is 9.97 Å². The summed E-state index contributed by atoms with van der Waals surface area (Å²) < 4.78 is 36.9. The predicted octanol–water partition coefficient (Wildman–Crippen LogP) is 3.03. The molecule has 0 N–H and O–H groups in total. The average molecular weight is 315 g/mol. The number of benzene rings is 1. The van der Waals surface area contributed by atoms with Gasteiger partial charge in [0.2, 0.25) is 11.6 Å². The third kappa shape index (κ3) is 3.32. The predicted molar refractivity (Wildman–Crippen MR) is 69.7 cm³/mol. The quantitative estimate of drug-likeness (QED) is 0.627. The van der Waals surface area contributed by atoms with Crippen molar-refractivity contribution in [2.45, 2.75) is 0 Å². The molecule has 1 aromatic heterocycles. The molecule has 0 unspecified atom stereocenters. The monoisotopic (exact) mass is 314 g/mol. The summed E-state index contributed by atoms with van der Waals surface area (Å²) >= 11 is 5.81. The fraction of sp³-hybridized carbons (Fsp3) is 0.154. The summed E-state index contributed by atoms with van der Waals surface area (Å²) in [6, 6.07) is 3.21. The van der Waals surface area contributed by atoms with E-state index in [4.69, 9.17) is 21.1 Å². The lowest BCUT2D eigenvalue weighted by Crippen LogP contribution is -2.11. The Bertz CT molecular complexity index is 662. The van der Waals surface area contributed by atoms with E-state index in [-0.39, 0.29) is 23.2 Å². The van der Waals surface area contributed by atoms with Crippen LogP contribution in [-0.2, 0) is 4.74 Å². The van der Waals surface area contributed by atoms with Gasteiger partial charge in [-0.05, 0) is 12.1 Å². The largest absolute Gasteiger partial charge is 0.432 e. The summed E-state index contributed by atoms with van der Waals surface area (Å²) in [5.41, 5.74) is -0.205. The summed E-state index contributed by atoms with van der Waals surface area (Å²) in [4.78, 5) is 19.2. The number of hydrogen-bond donors (Lipinski definition) is 0. The van der Waals surface area contributed by atoms with Crippen LogP contribution in [-0.4, -0.2) is 29.5 Å². The number of Topliss-reactive ketones (excluding diaryl/α,β-unsaturated/α-hetero) is 1. The first-order valence-electron chi connectivity index (χ1n) is 5.69. The molecule has 0 atom stereocenters. The second-order valence-electron chi connectivity index (χ2n) is 3.85. The zero-order valence-electron chi connectivity index (χ0n) is 10.8. The first-order valence-corrected chi connectivity index (χ1v) is 6.07. The fourth-order valence-electron chi connectivity index (χ4n) is 1.54. The van der Waals surface area contributed by atoms with E-state index in [9.17, 15) is 13.6 Å². The van der Waals surface area contributed by atoms with Gasteiger partial charge in [-0.2, -0.15) is 0 Å². The maximum absolute atomic E-state index is 13.6. The number of rotatable bonds is 5. The number of hydrogen-bond acceptors (Lipinski definition) is 5. The van der Waals surface area contributed by atoms with Crippen LogP contribution >= 0.6 is 11.6 Å². The average Bonchev–Trinajstić information content (AvgIpc) is 2.43. The molecule has 0 saturated heterocycles. The normalized spacial score (nSPS) is 10.5. The molecule has 0 saturated carbocycles. The van der Waals surface area contributed by atoms with Crippen molar-refractivity contribution < 1.29 is 23.0 Å². The Morgan fingerprint density at radius 1 is 1.29 bits per heavy atom. The van der Waals surface area contributed by atoms with Crippen LogP contribution in [0.25, 0.3) is 0 Å². The van der Waals surface area contributed by atoms with E-state index < -0.39 is 23.2 Å². The SMILES string of the molecule is COCC(=O)c1c(Cl)ncnc1Oc1c(F)cccc1F. The highest BCUT2D eigenvalue weighted by Gasteiger charge is 2.22. The lowest BCUT2D eigenvalue weighted by Gasteiger charge is -2.10. The molecule has 0 aliphatic heterocycles. The van der Waals surface area contributed by atoms with Gasteiger partial charge in [-0.25, -0.2) is 18.7 Å². The van der Waals surface area contributed by atoms with E-state index in [0.717, 1.165) is 18.5 Å². The van der Waals surface area contributed by atoms with Crippen LogP contribution < -0.4 is 4.74 Å². The van der Waals surface area contributed by atoms with Gasteiger partial charge in [-0.3, -0.25) is 4.79 Å². The highest BCUT2D eigenvalue weighted by molar-refractivity contribution is 6.33. The molecule has 1 aromatic carbocycles. The summed E-state index contributed by atoms with van der Waals surface area (Å²) in [6.07, 6.45) is 1.01. The Labute approximate surface area is 123 Å². The third-order valence-electron chi connectivity index (χ3n) is 2.44. The van der Waals surface area contributed by atoms with Gasteiger partial charge in [0.15, 0.2) is 17.4 Å². The van der Waals surface area contributed by atoms with Gasteiger partial charge in [0.05, 0.1) is 0 Å². The molecule has 1 heterocycles. The van der Waals surface area contributed by atoms with Crippen molar-refractivity contribution in [3.05, 3.63) is 46.9 Å². The number of carbonyl (C=O) groups excluding carboxylic acids is 1. The van der Waals surface area contributed by atoms with Crippen molar-refractivity contribution >= 4 is 17.4 Å². The second-order valence-corrected chi connectivity index (χ2v) is 4.21. The Morgan fingerprint density at radius 2 is 1.95 bits per heavy atom. The van der Waals surface area contributed by atoms with Crippen molar-refractivity contribution in [1.29, 1.82) is 0 Å². The third-order valence-corrected chi connectivity index (χ3v) is 2.72. The van der Waals surface area contributed by atoms with Gasteiger partial charge >= 0.3 is 0 Å². The van der Waals surface area contributed by atoms with Gasteiger partial charge in [0.25, 0.3) is 0 Å². The van der Waals surface area contributed by atoms with Crippen molar-refractivity contribution in [2.75, 3.05) is 13.7 Å². The standard InChI is InChI=1S/C13H9ClF2N2O3/c1-20-5-9(19)10-12(14)17-6-18-13(10)21-11-7(15)3-2-4-8(11)16/h2-4,6H,5H2,1H3. The summed E-state index contributed by atoms with van der Waals surface area (Å²) in [5, 5.41) is -0.196. The first-order chi connectivity index (χ1) is 10.0. The molecule has 0 amide bonds. The number of halogens is 3. The number of methoxy groups -OCH3 is 1. The molecule has 8 heteroatoms. The number of para-hydroxylation sites is 1. The lowest BCUT2D eigenvalue weighted by molar-refractivity contribution is 0.0844. The van der Waals surface area contributed by atoms with Crippen molar-refractivity contribution in [2.24, 2.45) is 0 Å². The Morgan fingerprint density at radius 3 is 2.57 bits per heavy atom. The van der Waals surface area contributed by atoms with E-state index in [1.54, 1.807) is 0 Å². The Kier molecular flexibility index (Phi) is 4.77. The van der Waals surface area contributed by atoms with Gasteiger partial charge in [0, 0.05) is 7.11 Å². The highest BCUT2D eigenvalue weighted by atomic mass is 35.5. The molecule has 0 fully saturated rings. The zero-order valence-corrected chi connectivity index (χ0v) is 11.5. The minimum Gasteiger partial charge on any atom is -0.432 e. The minimum atomic E-state index is -0.935. The topological polar surface area (TPSA) is 61.3 Å². The zero-order chi connectivity index (χ0) is 15.4. The fourth-order valence-corrected chi connectivity index (χ4v) is 1.77. The van der Waals surface area contributed by atoms with Gasteiger partial charge in [-0.15, -0.1) is 0 Å². The smallest absolute Gasteiger partial charge is 0.235 e. The first kappa shape index (κ1) is 15.3. The van der Waals surface area contributed by atoms with Crippen LogP contribution in [0.3, 0.4) is 0 Å². The molecule has 110 valence electrons. The van der Waals surface area contributed by atoms with Crippen LogP contribution in [0.5, 0.6) is 11.6 Å². The molecular weight excluding hydrogens is 306 g/mol. The second kappa shape index (κ2) is 6.55. The molecule has 5 nitrogen and oxygen atoms in total. The van der Waals surface area contributed by atoms with Crippen LogP contribution in [0.15, 0.2) is 24.5 Å². The van der Waals surface area contributed by atoms with E-state index >= 15 is 0 Å². The van der Waals surface area contributed by atoms with Crippen LogP contribution in [0.4, 0.5) is 8.78 Å². The summed E-state index contributed by atoms with van der Waals surface area (Å²) in [7, 11) is 1.31. The van der Waals surface area contributed by atoms with Gasteiger partial charge in [0.1, 0.15) is 23.7 Å². The molecule has 0 radical (unpaired) electrons. The molecule has 0 aliphatic carbocycles. The van der Waals surface area contributed by atoms with Crippen molar-refractivity contribution in [1.82, 2.24) is 9.97 Å². The van der Waals surface area contributed by atoms with Crippen molar-refractivity contribution in [3.63, 3.8) is 0 Å². The van der Waals surface area contributed by atoms with Crippen LogP contribution in [0, 0.1) is 11.6 Å². The molecule has 0 aliphatic rings. The Hall–Kier alpha value is -2.12. The van der Waals surface area contributed by atoms with E-state index in [0.29, 0.717) is 0 Å². The number of aromatic nitrogens is 2. The molecule has 2 rings (SSSR count). The molecule has 2 aromatic rings. The Balaban J connectivity index is 2.45. The van der Waals surface area contributed by atoms with Crippen LogP contribution in [0.2, 0.25) is 5.15 Å². The van der Waals surface area contributed by atoms with E-state index in [1.165, 1.54) is 13.2 Å². The number of carbonyl (C=O) groups is 1. The maximum Gasteiger partial charge on any atom is 0.235 e. The molecule has 21 heavy (non-hydrogen) atoms. The summed E-state index contributed by atoms with van der Waals surface area (Å²) in [6.45, 7) is -0.302. The molecule has 0 spiro atoms. The van der Waals surface area contributed by atoms with Gasteiger partial charge in [-0.1, -0.05) is 17.7 Å². The van der Waals surface area contributed by atoms with Crippen molar-refractivity contribution in [3.8, 4) is 11.6 Å². The number of nitrogens with zero attached hydrogens (tertiary/aromatic N) is 2. The highest BCUT2D eigenvalue weighted by Crippen LogP contribution is 2.30. The van der Waals surface area contributed by atoms with E-state index in [1.807, 2.05) is 0 Å². The van der Waals surface area contributed by atoms with Crippen LogP contribution in [0.1, 0.15) is 10.4 Å². The maximum atomic E-state index is 13.6. The minimum absolute atomic E-state index is 0.196.